The summed E-state index contributed by atoms with van der Waals surface area (Å²) in [6, 6.07) is 7.73. The van der Waals surface area contributed by atoms with E-state index in [0.717, 1.165) is 44.1 Å². The molecule has 2 fully saturated rings. The summed E-state index contributed by atoms with van der Waals surface area (Å²) in [6.07, 6.45) is 5.76. The van der Waals surface area contributed by atoms with E-state index in [0.29, 0.717) is 12.2 Å². The van der Waals surface area contributed by atoms with Crippen LogP contribution in [0.1, 0.15) is 44.1 Å². The second-order valence-electron chi connectivity index (χ2n) is 7.07. The maximum atomic E-state index is 12.8. The lowest BCUT2D eigenvalue weighted by molar-refractivity contribution is -0.136. The fourth-order valence-corrected chi connectivity index (χ4v) is 3.51. The van der Waals surface area contributed by atoms with Gasteiger partial charge in [0.2, 0.25) is 5.91 Å². The Bertz CT molecular complexity index is 613. The number of carbonyl (C=O) groups is 2. The van der Waals surface area contributed by atoms with Crippen LogP contribution < -0.4 is 11.1 Å². The van der Waals surface area contributed by atoms with Gasteiger partial charge in [-0.15, -0.1) is 0 Å². The molecule has 6 heteroatoms. The topological polar surface area (TPSA) is 84.7 Å². The van der Waals surface area contributed by atoms with E-state index in [1.165, 1.54) is 7.11 Å². The predicted octanol–water partition coefficient (Wildman–Crippen LogP) is 2.87. The lowest BCUT2D eigenvalue weighted by Crippen LogP contribution is -2.52. The summed E-state index contributed by atoms with van der Waals surface area (Å²) in [5.41, 5.74) is 8.05. The highest BCUT2D eigenvalue weighted by atomic mass is 16.5. The SMILES string of the molecule is COC(=O)Nc1ccc(CN(C(=O)C2CC2)C2CCCCC2N)cc1. The first-order valence-corrected chi connectivity index (χ1v) is 9.08. The zero-order valence-corrected chi connectivity index (χ0v) is 14.7. The fraction of sp³-hybridized carbons (Fsp3) is 0.579. The van der Waals surface area contributed by atoms with Gasteiger partial charge in [-0.25, -0.2) is 4.79 Å². The summed E-state index contributed by atoms with van der Waals surface area (Å²) in [6.45, 7) is 0.576. The number of hydrogen-bond acceptors (Lipinski definition) is 4. The van der Waals surface area contributed by atoms with Crippen molar-refractivity contribution in [2.75, 3.05) is 12.4 Å². The van der Waals surface area contributed by atoms with Gasteiger partial charge in [0.25, 0.3) is 0 Å². The van der Waals surface area contributed by atoms with Crippen LogP contribution >= 0.6 is 0 Å². The van der Waals surface area contributed by atoms with E-state index < -0.39 is 6.09 Å². The molecule has 3 rings (SSSR count). The molecule has 0 radical (unpaired) electrons. The van der Waals surface area contributed by atoms with Gasteiger partial charge >= 0.3 is 6.09 Å². The molecule has 25 heavy (non-hydrogen) atoms. The van der Waals surface area contributed by atoms with Gasteiger partial charge in [0, 0.05) is 30.2 Å². The summed E-state index contributed by atoms with van der Waals surface area (Å²) in [5, 5.41) is 2.63. The third kappa shape index (κ3) is 4.51. The first-order valence-electron chi connectivity index (χ1n) is 9.08. The van der Waals surface area contributed by atoms with E-state index in [1.807, 2.05) is 29.2 Å². The minimum Gasteiger partial charge on any atom is -0.453 e. The molecule has 3 N–H and O–H groups in total. The highest BCUT2D eigenvalue weighted by Gasteiger charge is 2.38. The van der Waals surface area contributed by atoms with Crippen molar-refractivity contribution in [3.63, 3.8) is 0 Å². The van der Waals surface area contributed by atoms with Gasteiger partial charge in [0.15, 0.2) is 0 Å². The van der Waals surface area contributed by atoms with Gasteiger partial charge in [0.1, 0.15) is 0 Å². The molecule has 136 valence electrons. The Morgan fingerprint density at radius 3 is 2.44 bits per heavy atom. The number of amides is 2. The molecule has 1 aromatic rings. The van der Waals surface area contributed by atoms with Crippen molar-refractivity contribution in [1.29, 1.82) is 0 Å². The monoisotopic (exact) mass is 345 g/mol. The van der Waals surface area contributed by atoms with Crippen LogP contribution in [0.15, 0.2) is 24.3 Å². The zero-order chi connectivity index (χ0) is 17.8. The molecule has 0 heterocycles. The van der Waals surface area contributed by atoms with Crippen molar-refractivity contribution >= 4 is 17.7 Å². The number of nitrogens with two attached hydrogens (primary N) is 1. The summed E-state index contributed by atoms with van der Waals surface area (Å²) < 4.78 is 4.59. The Morgan fingerprint density at radius 1 is 1.16 bits per heavy atom. The van der Waals surface area contributed by atoms with E-state index in [4.69, 9.17) is 5.73 Å². The van der Waals surface area contributed by atoms with Crippen LogP contribution in [-0.2, 0) is 16.1 Å². The van der Waals surface area contributed by atoms with Crippen LogP contribution in [0.4, 0.5) is 10.5 Å². The lowest BCUT2D eigenvalue weighted by atomic mass is 9.89. The van der Waals surface area contributed by atoms with Crippen LogP contribution in [0.25, 0.3) is 0 Å². The number of nitrogens with zero attached hydrogens (tertiary/aromatic N) is 1. The van der Waals surface area contributed by atoms with Crippen molar-refractivity contribution in [1.82, 2.24) is 4.90 Å². The standard InChI is InChI=1S/C19H27N3O3/c1-25-19(24)21-15-10-6-13(7-11-15)12-22(18(23)14-8-9-14)17-5-3-2-4-16(17)20/h6-7,10-11,14,16-17H,2-5,8-9,12,20H2,1H3,(H,21,24). The van der Waals surface area contributed by atoms with Gasteiger partial charge in [-0.05, 0) is 43.4 Å². The van der Waals surface area contributed by atoms with Gasteiger partial charge in [0.05, 0.1) is 7.11 Å². The third-order valence-corrected chi connectivity index (χ3v) is 5.13. The summed E-state index contributed by atoms with van der Waals surface area (Å²) >= 11 is 0. The number of nitrogens with one attached hydrogen (secondary N) is 1. The van der Waals surface area contributed by atoms with E-state index >= 15 is 0 Å². The van der Waals surface area contributed by atoms with Crippen LogP contribution in [-0.4, -0.2) is 36.1 Å². The van der Waals surface area contributed by atoms with Crippen molar-refractivity contribution in [3.05, 3.63) is 29.8 Å². The van der Waals surface area contributed by atoms with Crippen molar-refractivity contribution < 1.29 is 14.3 Å². The molecule has 2 amide bonds. The molecule has 0 bridgehead atoms. The molecule has 1 aromatic carbocycles. The number of rotatable bonds is 5. The first kappa shape index (κ1) is 17.7. The number of methoxy groups -OCH3 is 1. The Hall–Kier alpha value is -2.08. The Balaban J connectivity index is 1.71. The van der Waals surface area contributed by atoms with E-state index in [-0.39, 0.29) is 23.9 Å². The zero-order valence-electron chi connectivity index (χ0n) is 14.7. The van der Waals surface area contributed by atoms with Crippen LogP contribution in [0.2, 0.25) is 0 Å². The number of ether oxygens (including phenoxy) is 1. The smallest absolute Gasteiger partial charge is 0.411 e. The number of hydrogen-bond donors (Lipinski definition) is 2. The normalized spacial score (nSPS) is 23.0. The Morgan fingerprint density at radius 2 is 1.84 bits per heavy atom. The number of anilines is 1. The summed E-state index contributed by atoms with van der Waals surface area (Å²) in [4.78, 5) is 26.1. The minimum absolute atomic E-state index is 0.0664. The Kier molecular flexibility index (Phi) is 5.58. The van der Waals surface area contributed by atoms with Crippen molar-refractivity contribution in [2.45, 2.75) is 57.2 Å². The number of benzene rings is 1. The van der Waals surface area contributed by atoms with Gasteiger partial charge in [-0.1, -0.05) is 25.0 Å². The highest BCUT2D eigenvalue weighted by Crippen LogP contribution is 2.34. The largest absolute Gasteiger partial charge is 0.453 e. The third-order valence-electron chi connectivity index (χ3n) is 5.13. The lowest BCUT2D eigenvalue weighted by Gasteiger charge is -2.38. The highest BCUT2D eigenvalue weighted by molar-refractivity contribution is 5.84. The maximum absolute atomic E-state index is 12.8. The molecule has 0 aliphatic heterocycles. The summed E-state index contributed by atoms with van der Waals surface area (Å²) in [7, 11) is 1.33. The van der Waals surface area contributed by atoms with Gasteiger partial charge in [-0.2, -0.15) is 0 Å². The van der Waals surface area contributed by atoms with Gasteiger partial charge in [-0.3, -0.25) is 10.1 Å². The Labute approximate surface area is 148 Å². The molecule has 2 unspecified atom stereocenters. The van der Waals surface area contributed by atoms with E-state index in [2.05, 4.69) is 10.1 Å². The van der Waals surface area contributed by atoms with Crippen molar-refractivity contribution in [3.8, 4) is 0 Å². The van der Waals surface area contributed by atoms with Crippen molar-refractivity contribution in [2.24, 2.45) is 11.7 Å². The van der Waals surface area contributed by atoms with Gasteiger partial charge < -0.3 is 15.4 Å². The first-order chi connectivity index (χ1) is 12.1. The van der Waals surface area contributed by atoms with E-state index in [9.17, 15) is 9.59 Å². The molecule has 0 saturated heterocycles. The molecular weight excluding hydrogens is 318 g/mol. The predicted molar refractivity (Wildman–Crippen MR) is 96.0 cm³/mol. The second-order valence-corrected chi connectivity index (χ2v) is 7.07. The molecular formula is C19H27N3O3. The molecule has 2 atom stereocenters. The summed E-state index contributed by atoms with van der Waals surface area (Å²) in [5.74, 6) is 0.438. The van der Waals surface area contributed by atoms with Crippen LogP contribution in [0.3, 0.4) is 0 Å². The van der Waals surface area contributed by atoms with Crippen LogP contribution in [0, 0.1) is 5.92 Å². The quantitative estimate of drug-likeness (QED) is 0.859. The van der Waals surface area contributed by atoms with E-state index in [1.54, 1.807) is 0 Å². The molecule has 2 saturated carbocycles. The fourth-order valence-electron chi connectivity index (χ4n) is 3.51. The molecule has 0 spiro atoms. The average molecular weight is 345 g/mol. The molecule has 2 aliphatic carbocycles. The number of carbonyl (C=O) groups excluding carboxylic acids is 2. The molecule has 0 aromatic heterocycles. The molecule has 6 nitrogen and oxygen atoms in total. The maximum Gasteiger partial charge on any atom is 0.411 e. The van der Waals surface area contributed by atoms with Crippen LogP contribution in [0.5, 0.6) is 0 Å². The minimum atomic E-state index is -0.494. The second kappa shape index (κ2) is 7.87. The molecule has 2 aliphatic rings. The average Bonchev–Trinajstić information content (AvgIpc) is 3.46.